The molecule has 0 bridgehead atoms. The highest BCUT2D eigenvalue weighted by Crippen LogP contribution is 2.31. The number of allylic oxidation sites excluding steroid dienone is 1. The van der Waals surface area contributed by atoms with Gasteiger partial charge in [-0.3, -0.25) is 0 Å². The molecule has 0 amide bonds. The lowest BCUT2D eigenvalue weighted by Gasteiger charge is -2.13. The first-order chi connectivity index (χ1) is 12.1. The predicted octanol–water partition coefficient (Wildman–Crippen LogP) is 5.35. The van der Waals surface area contributed by atoms with Crippen molar-refractivity contribution in [2.45, 2.75) is 19.8 Å². The molecular formula is C20H22N4S. The zero-order valence-electron chi connectivity index (χ0n) is 14.4. The number of aromatic nitrogens is 2. The van der Waals surface area contributed by atoms with E-state index in [0.717, 1.165) is 51.8 Å². The highest BCUT2D eigenvalue weighted by atomic mass is 32.1. The molecule has 5 heteroatoms. The minimum absolute atomic E-state index is 0.757. The number of rotatable bonds is 8. The Morgan fingerprint density at radius 1 is 1.20 bits per heavy atom. The lowest BCUT2D eigenvalue weighted by Crippen LogP contribution is -2.10. The van der Waals surface area contributed by atoms with E-state index >= 15 is 0 Å². The summed E-state index contributed by atoms with van der Waals surface area (Å²) in [5.74, 6) is 0. The zero-order chi connectivity index (χ0) is 17.8. The minimum Gasteiger partial charge on any atom is -0.359 e. The first-order valence-electron chi connectivity index (χ1n) is 8.20. The molecule has 0 spiro atoms. The Balaban J connectivity index is 1.75. The number of hydrogen-bond donors (Lipinski definition) is 2. The third-order valence-corrected chi connectivity index (χ3v) is 4.64. The normalized spacial score (nSPS) is 10.6. The molecule has 3 aromatic rings. The van der Waals surface area contributed by atoms with Crippen LogP contribution in [0.25, 0.3) is 17.0 Å². The van der Waals surface area contributed by atoms with E-state index in [1.165, 1.54) is 0 Å². The molecule has 25 heavy (non-hydrogen) atoms. The van der Waals surface area contributed by atoms with Gasteiger partial charge in [0.05, 0.1) is 5.70 Å². The van der Waals surface area contributed by atoms with Crippen LogP contribution in [-0.4, -0.2) is 9.38 Å². The van der Waals surface area contributed by atoms with Crippen molar-refractivity contribution >= 4 is 33.4 Å². The zero-order valence-corrected chi connectivity index (χ0v) is 15.2. The van der Waals surface area contributed by atoms with E-state index in [9.17, 15) is 0 Å². The number of nitrogens with one attached hydrogen (secondary N) is 2. The largest absolute Gasteiger partial charge is 0.359 e. The molecule has 0 radical (unpaired) electrons. The SMILES string of the molecule is C=C(CCC)NC(=C)c1ccsc1NC(=C)c1cn2ccccc2n1. The Morgan fingerprint density at radius 2 is 2.04 bits per heavy atom. The highest BCUT2D eigenvalue weighted by Gasteiger charge is 2.12. The Kier molecular flexibility index (Phi) is 5.05. The van der Waals surface area contributed by atoms with Crippen molar-refractivity contribution in [3.05, 3.63) is 78.7 Å². The van der Waals surface area contributed by atoms with Gasteiger partial charge in [0.25, 0.3) is 0 Å². The Morgan fingerprint density at radius 3 is 2.80 bits per heavy atom. The first kappa shape index (κ1) is 17.0. The van der Waals surface area contributed by atoms with Gasteiger partial charge in [-0.2, -0.15) is 0 Å². The molecule has 0 saturated heterocycles. The molecule has 0 aliphatic heterocycles. The van der Waals surface area contributed by atoms with Gasteiger partial charge < -0.3 is 15.0 Å². The molecule has 3 heterocycles. The van der Waals surface area contributed by atoms with Crippen molar-refractivity contribution in [3.63, 3.8) is 0 Å². The fraction of sp³-hybridized carbons (Fsp3) is 0.150. The molecule has 4 nitrogen and oxygen atoms in total. The van der Waals surface area contributed by atoms with Gasteiger partial charge in [0.2, 0.25) is 0 Å². The van der Waals surface area contributed by atoms with Crippen molar-refractivity contribution in [2.24, 2.45) is 0 Å². The van der Waals surface area contributed by atoms with Crippen molar-refractivity contribution < 1.29 is 0 Å². The van der Waals surface area contributed by atoms with E-state index < -0.39 is 0 Å². The Hall–Kier alpha value is -2.79. The van der Waals surface area contributed by atoms with Gasteiger partial charge in [-0.15, -0.1) is 11.3 Å². The van der Waals surface area contributed by atoms with Crippen molar-refractivity contribution in [3.8, 4) is 0 Å². The summed E-state index contributed by atoms with van der Waals surface area (Å²) < 4.78 is 1.98. The Labute approximate surface area is 152 Å². The lowest BCUT2D eigenvalue weighted by molar-refractivity contribution is 0.852. The molecule has 0 fully saturated rings. The van der Waals surface area contributed by atoms with Crippen LogP contribution in [0.3, 0.4) is 0 Å². The summed E-state index contributed by atoms with van der Waals surface area (Å²) in [5.41, 5.74) is 5.31. The maximum absolute atomic E-state index is 4.59. The number of pyridine rings is 1. The second-order valence-corrected chi connectivity index (χ2v) is 6.73. The third-order valence-electron chi connectivity index (χ3n) is 3.81. The fourth-order valence-electron chi connectivity index (χ4n) is 2.57. The molecule has 0 atom stereocenters. The van der Waals surface area contributed by atoms with E-state index in [4.69, 9.17) is 0 Å². The van der Waals surface area contributed by atoms with Crippen LogP contribution in [-0.2, 0) is 0 Å². The van der Waals surface area contributed by atoms with Gasteiger partial charge in [-0.1, -0.05) is 39.1 Å². The van der Waals surface area contributed by atoms with Gasteiger partial charge in [-0.25, -0.2) is 4.98 Å². The van der Waals surface area contributed by atoms with Crippen molar-refractivity contribution in [1.82, 2.24) is 14.7 Å². The van der Waals surface area contributed by atoms with E-state index in [1.54, 1.807) is 11.3 Å². The van der Waals surface area contributed by atoms with E-state index in [2.05, 4.69) is 42.3 Å². The van der Waals surface area contributed by atoms with Gasteiger partial charge in [0.15, 0.2) is 0 Å². The molecule has 0 aromatic carbocycles. The number of nitrogens with zero attached hydrogens (tertiary/aromatic N) is 2. The molecule has 0 aliphatic carbocycles. The average molecular weight is 350 g/mol. The summed E-state index contributed by atoms with van der Waals surface area (Å²) in [5, 5.41) is 9.68. The van der Waals surface area contributed by atoms with Crippen LogP contribution >= 0.6 is 11.3 Å². The molecule has 128 valence electrons. The van der Waals surface area contributed by atoms with Crippen LogP contribution < -0.4 is 10.6 Å². The molecular weight excluding hydrogens is 328 g/mol. The fourth-order valence-corrected chi connectivity index (χ4v) is 3.41. The third kappa shape index (κ3) is 3.83. The summed E-state index contributed by atoms with van der Waals surface area (Å²) in [7, 11) is 0. The van der Waals surface area contributed by atoms with Crippen LogP contribution in [0.1, 0.15) is 31.0 Å². The first-order valence-corrected chi connectivity index (χ1v) is 9.08. The number of anilines is 1. The van der Waals surface area contributed by atoms with E-state index in [0.29, 0.717) is 0 Å². The van der Waals surface area contributed by atoms with Crippen molar-refractivity contribution in [2.75, 3.05) is 5.32 Å². The van der Waals surface area contributed by atoms with Gasteiger partial charge in [-0.05, 0) is 30.0 Å². The van der Waals surface area contributed by atoms with Crippen molar-refractivity contribution in [1.29, 1.82) is 0 Å². The molecule has 3 aromatic heterocycles. The molecule has 2 N–H and O–H groups in total. The summed E-state index contributed by atoms with van der Waals surface area (Å²) >= 11 is 1.61. The highest BCUT2D eigenvalue weighted by molar-refractivity contribution is 7.14. The standard InChI is InChI=1S/C20H22N4S/c1-5-8-14(2)21-15(3)17-10-12-25-20(17)22-16(4)18-13-24-11-7-6-9-19(24)23-18/h6-7,9-13,21-22H,2-5,8H2,1H3. The number of fused-ring (bicyclic) bond motifs is 1. The van der Waals surface area contributed by atoms with Crippen LogP contribution in [0.2, 0.25) is 0 Å². The summed E-state index contributed by atoms with van der Waals surface area (Å²) in [6, 6.07) is 7.96. The number of thiophene rings is 1. The summed E-state index contributed by atoms with van der Waals surface area (Å²) in [4.78, 5) is 4.59. The van der Waals surface area contributed by atoms with Crippen LogP contribution in [0.4, 0.5) is 5.00 Å². The second kappa shape index (κ2) is 7.40. The van der Waals surface area contributed by atoms with Crippen LogP contribution in [0.5, 0.6) is 0 Å². The summed E-state index contributed by atoms with van der Waals surface area (Å²) in [6.07, 6.45) is 5.92. The maximum Gasteiger partial charge on any atom is 0.137 e. The molecule has 0 saturated carbocycles. The number of hydrogen-bond acceptors (Lipinski definition) is 4. The molecule has 0 aliphatic rings. The van der Waals surface area contributed by atoms with Gasteiger partial charge in [0, 0.05) is 29.4 Å². The second-order valence-electron chi connectivity index (χ2n) is 5.82. The monoisotopic (exact) mass is 350 g/mol. The van der Waals surface area contributed by atoms with Crippen LogP contribution in [0.15, 0.2) is 67.5 Å². The van der Waals surface area contributed by atoms with Gasteiger partial charge in [0.1, 0.15) is 16.3 Å². The Bertz CT molecular complexity index is 899. The predicted molar refractivity (Wildman–Crippen MR) is 108 cm³/mol. The summed E-state index contributed by atoms with van der Waals surface area (Å²) in [6.45, 7) is 14.4. The number of imidazole rings is 1. The van der Waals surface area contributed by atoms with Gasteiger partial charge >= 0.3 is 0 Å². The quantitative estimate of drug-likeness (QED) is 0.575. The van der Waals surface area contributed by atoms with E-state index in [1.807, 2.05) is 46.4 Å². The maximum atomic E-state index is 4.59. The van der Waals surface area contributed by atoms with E-state index in [-0.39, 0.29) is 0 Å². The minimum atomic E-state index is 0.757. The lowest BCUT2D eigenvalue weighted by atomic mass is 10.2. The topological polar surface area (TPSA) is 41.4 Å². The average Bonchev–Trinajstić information content (AvgIpc) is 3.21. The van der Waals surface area contributed by atoms with Crippen LogP contribution in [0, 0.1) is 0 Å². The molecule has 0 unspecified atom stereocenters. The smallest absolute Gasteiger partial charge is 0.137 e. The molecule has 3 rings (SSSR count).